The van der Waals surface area contributed by atoms with E-state index in [1.54, 1.807) is 0 Å². The van der Waals surface area contributed by atoms with Crippen molar-refractivity contribution in [3.63, 3.8) is 0 Å². The summed E-state index contributed by atoms with van der Waals surface area (Å²) in [4.78, 5) is 0. The summed E-state index contributed by atoms with van der Waals surface area (Å²) in [5.74, 6) is 8.29. The summed E-state index contributed by atoms with van der Waals surface area (Å²) >= 11 is 0. The minimum atomic E-state index is 0.138. The van der Waals surface area contributed by atoms with Crippen LogP contribution < -0.4 is 20.9 Å². The van der Waals surface area contributed by atoms with Gasteiger partial charge in [0.05, 0.1) is 11.4 Å². The molecular formula is C40H48N2O2. The average Bonchev–Trinajstić information content (AvgIpc) is 2.96. The van der Waals surface area contributed by atoms with Gasteiger partial charge in [-0.15, -0.1) is 0 Å². The van der Waals surface area contributed by atoms with Crippen molar-refractivity contribution in [2.45, 2.75) is 102 Å². The third-order valence-corrected chi connectivity index (χ3v) is 13.1. The quantitative estimate of drug-likeness (QED) is 0.281. The van der Waals surface area contributed by atoms with Crippen LogP contribution >= 0.6 is 0 Å². The first-order chi connectivity index (χ1) is 21.2. The lowest BCUT2D eigenvalue weighted by Gasteiger charge is -2.58. The zero-order chi connectivity index (χ0) is 29.8. The van der Waals surface area contributed by atoms with Crippen LogP contribution in [-0.2, 0) is 10.8 Å². The summed E-state index contributed by atoms with van der Waals surface area (Å²) in [6.45, 7) is 4.23. The number of ether oxygens (including phenoxy) is 2. The summed E-state index contributed by atoms with van der Waals surface area (Å²) in [6, 6.07) is 17.3. The first-order valence-electron chi connectivity index (χ1n) is 17.5. The first-order valence-corrected chi connectivity index (χ1v) is 17.5. The molecule has 0 radical (unpaired) electrons. The number of rotatable bonds is 6. The smallest absolute Gasteiger partial charge is 0.174 e. The van der Waals surface area contributed by atoms with Crippen molar-refractivity contribution in [2.24, 2.45) is 35.5 Å². The van der Waals surface area contributed by atoms with Crippen molar-refractivity contribution in [3.8, 4) is 23.0 Å². The monoisotopic (exact) mass is 588 g/mol. The molecule has 3 aromatic carbocycles. The maximum Gasteiger partial charge on any atom is 0.174 e. The van der Waals surface area contributed by atoms with Gasteiger partial charge in [-0.25, -0.2) is 0 Å². The van der Waals surface area contributed by atoms with Crippen molar-refractivity contribution in [1.29, 1.82) is 0 Å². The Bertz CT molecular complexity index is 1450. The molecule has 230 valence electrons. The van der Waals surface area contributed by atoms with E-state index in [2.05, 4.69) is 50.2 Å². The molecule has 8 aliphatic carbocycles. The molecule has 4 N–H and O–H groups in total. The normalized spacial score (nSPS) is 36.1. The molecule has 11 rings (SSSR count). The van der Waals surface area contributed by atoms with E-state index in [9.17, 15) is 0 Å². The molecule has 3 aromatic rings. The zero-order valence-corrected chi connectivity index (χ0v) is 26.5. The summed E-state index contributed by atoms with van der Waals surface area (Å²) in [7, 11) is 0. The van der Waals surface area contributed by atoms with Crippen LogP contribution in [0.1, 0.15) is 99.3 Å². The van der Waals surface area contributed by atoms with Crippen LogP contribution in [-0.4, -0.2) is 0 Å². The van der Waals surface area contributed by atoms with Gasteiger partial charge in [-0.05, 0) is 173 Å². The Hall–Kier alpha value is -3.14. The average molecular weight is 589 g/mol. The molecule has 0 saturated heterocycles. The van der Waals surface area contributed by atoms with Crippen molar-refractivity contribution in [2.75, 3.05) is 11.5 Å². The maximum atomic E-state index is 7.20. The fourth-order valence-electron chi connectivity index (χ4n) is 12.2. The fraction of sp³-hybridized carbons (Fsp3) is 0.550. The van der Waals surface area contributed by atoms with E-state index in [0.717, 1.165) is 69.6 Å². The summed E-state index contributed by atoms with van der Waals surface area (Å²) in [5, 5.41) is 0. The Morgan fingerprint density at radius 1 is 0.500 bits per heavy atom. The van der Waals surface area contributed by atoms with E-state index in [1.165, 1.54) is 88.2 Å². The number of hydrogen-bond acceptors (Lipinski definition) is 4. The minimum absolute atomic E-state index is 0.138. The van der Waals surface area contributed by atoms with Gasteiger partial charge in [-0.3, -0.25) is 0 Å². The van der Waals surface area contributed by atoms with Gasteiger partial charge in [0.15, 0.2) is 23.0 Å². The lowest BCUT2D eigenvalue weighted by atomic mass is 9.47. The van der Waals surface area contributed by atoms with Crippen molar-refractivity contribution in [3.05, 3.63) is 70.8 Å². The van der Waals surface area contributed by atoms with E-state index >= 15 is 0 Å². The van der Waals surface area contributed by atoms with E-state index in [0.29, 0.717) is 11.4 Å². The van der Waals surface area contributed by atoms with Crippen LogP contribution in [0.4, 0.5) is 11.4 Å². The molecular weight excluding hydrogens is 540 g/mol. The summed E-state index contributed by atoms with van der Waals surface area (Å²) in [6.07, 6.45) is 16.1. The number of nitrogen functional groups attached to an aromatic ring is 2. The van der Waals surface area contributed by atoms with Gasteiger partial charge in [0, 0.05) is 11.1 Å². The molecule has 0 atom stereocenters. The van der Waals surface area contributed by atoms with Crippen LogP contribution in [0.25, 0.3) is 0 Å². The molecule has 0 amide bonds. The summed E-state index contributed by atoms with van der Waals surface area (Å²) < 4.78 is 14.4. The SMILES string of the molecule is Cc1ccc(N)c(Oc2c(C34CC5CC(CC(C5)C3)C4)ccc(C34CC5CC(CC(C5)C3)C4)c2Oc2cc(C)ccc2N)c1. The molecule has 0 unspecified atom stereocenters. The zero-order valence-electron chi connectivity index (χ0n) is 26.5. The van der Waals surface area contributed by atoms with E-state index in [-0.39, 0.29) is 10.8 Å². The second kappa shape index (κ2) is 9.68. The molecule has 4 heteroatoms. The van der Waals surface area contributed by atoms with Gasteiger partial charge in [0.2, 0.25) is 0 Å². The topological polar surface area (TPSA) is 70.5 Å². The van der Waals surface area contributed by atoms with Crippen LogP contribution in [0.2, 0.25) is 0 Å². The molecule has 8 saturated carbocycles. The molecule has 44 heavy (non-hydrogen) atoms. The largest absolute Gasteiger partial charge is 0.451 e. The standard InChI is InChI=1S/C40H48N2O2/c1-23-3-7-33(41)35(9-23)43-37-31(39-17-25-11-26(18-39)13-27(12-25)19-39)5-6-32(38(37)44-36-10-24(2)4-8-34(36)42)40-20-28-14-29(21-40)16-30(15-28)22-40/h3-10,25-30H,11-22,41-42H2,1-2H3. The summed E-state index contributed by atoms with van der Waals surface area (Å²) in [5.41, 5.74) is 19.9. The number of anilines is 2. The van der Waals surface area contributed by atoms with Crippen LogP contribution in [0.3, 0.4) is 0 Å². The molecule has 8 fully saturated rings. The van der Waals surface area contributed by atoms with Gasteiger partial charge in [-0.2, -0.15) is 0 Å². The predicted molar refractivity (Wildman–Crippen MR) is 177 cm³/mol. The highest BCUT2D eigenvalue weighted by Crippen LogP contribution is 2.66. The molecule has 0 spiro atoms. The second-order valence-corrected chi connectivity index (χ2v) is 16.5. The first kappa shape index (κ1) is 27.2. The predicted octanol–water partition coefficient (Wildman–Crippen LogP) is 9.99. The Labute approximate surface area is 262 Å². The van der Waals surface area contributed by atoms with Crippen molar-refractivity contribution in [1.82, 2.24) is 0 Å². The van der Waals surface area contributed by atoms with Gasteiger partial charge in [0.25, 0.3) is 0 Å². The third-order valence-electron chi connectivity index (χ3n) is 13.1. The van der Waals surface area contributed by atoms with Crippen LogP contribution in [0, 0.1) is 49.4 Å². The van der Waals surface area contributed by atoms with Gasteiger partial charge < -0.3 is 20.9 Å². The number of aryl methyl sites for hydroxylation is 2. The van der Waals surface area contributed by atoms with Crippen LogP contribution in [0.15, 0.2) is 48.5 Å². The minimum Gasteiger partial charge on any atom is -0.451 e. The molecule has 0 heterocycles. The number of benzene rings is 3. The molecule has 0 aliphatic heterocycles. The van der Waals surface area contributed by atoms with Gasteiger partial charge in [-0.1, -0.05) is 24.3 Å². The highest BCUT2D eigenvalue weighted by Gasteiger charge is 2.55. The van der Waals surface area contributed by atoms with Gasteiger partial charge >= 0.3 is 0 Å². The van der Waals surface area contributed by atoms with E-state index < -0.39 is 0 Å². The van der Waals surface area contributed by atoms with E-state index in [4.69, 9.17) is 20.9 Å². The number of nitrogens with two attached hydrogens (primary N) is 2. The van der Waals surface area contributed by atoms with Crippen molar-refractivity contribution < 1.29 is 9.47 Å². The Balaban J connectivity index is 1.28. The van der Waals surface area contributed by atoms with Gasteiger partial charge in [0.1, 0.15) is 0 Å². The Morgan fingerprint density at radius 3 is 1.14 bits per heavy atom. The second-order valence-electron chi connectivity index (χ2n) is 16.5. The third kappa shape index (κ3) is 4.30. The van der Waals surface area contributed by atoms with E-state index in [1.807, 2.05) is 12.1 Å². The molecule has 0 aromatic heterocycles. The van der Waals surface area contributed by atoms with Crippen molar-refractivity contribution >= 4 is 11.4 Å². The fourth-order valence-corrected chi connectivity index (χ4v) is 12.2. The highest BCUT2D eigenvalue weighted by molar-refractivity contribution is 5.65. The molecule has 8 bridgehead atoms. The molecule has 8 aliphatic rings. The molecule has 4 nitrogen and oxygen atoms in total. The number of hydrogen-bond donors (Lipinski definition) is 2. The van der Waals surface area contributed by atoms with Crippen LogP contribution in [0.5, 0.6) is 23.0 Å². The maximum absolute atomic E-state index is 7.20. The Morgan fingerprint density at radius 2 is 0.818 bits per heavy atom. The lowest BCUT2D eigenvalue weighted by molar-refractivity contribution is -0.00832. The highest BCUT2D eigenvalue weighted by atomic mass is 16.5. The lowest BCUT2D eigenvalue weighted by Crippen LogP contribution is -2.49. The Kier molecular flexibility index (Phi) is 5.98.